The molecule has 25 heavy (non-hydrogen) atoms. The number of benzene rings is 1. The summed E-state index contributed by atoms with van der Waals surface area (Å²) in [6, 6.07) is 5.50. The summed E-state index contributed by atoms with van der Waals surface area (Å²) in [7, 11) is 0. The van der Waals surface area contributed by atoms with Crippen LogP contribution in [0.15, 0.2) is 28.9 Å². The predicted molar refractivity (Wildman–Crippen MR) is 91.4 cm³/mol. The van der Waals surface area contributed by atoms with Crippen molar-refractivity contribution in [1.29, 1.82) is 5.41 Å². The highest BCUT2D eigenvalue weighted by molar-refractivity contribution is 6.16. The average molecular weight is 340 g/mol. The minimum atomic E-state index is -0.261. The molecule has 0 amide bonds. The zero-order valence-corrected chi connectivity index (χ0v) is 13.3. The van der Waals surface area contributed by atoms with Crippen LogP contribution < -0.4 is 16.8 Å². The normalized spacial score (nSPS) is 19.7. The fourth-order valence-corrected chi connectivity index (χ4v) is 3.03. The molecule has 128 valence electrons. The van der Waals surface area contributed by atoms with Gasteiger partial charge in [0.25, 0.3) is 6.01 Å². The van der Waals surface area contributed by atoms with Crippen molar-refractivity contribution in [3.63, 3.8) is 0 Å². The molecule has 1 aliphatic carbocycles. The molecular weight excluding hydrogens is 322 g/mol. The lowest BCUT2D eigenvalue weighted by atomic mass is 9.89. The number of hydrogen-bond acceptors (Lipinski definition) is 8. The summed E-state index contributed by atoms with van der Waals surface area (Å²) in [5.74, 6) is 0.847. The number of oxazole rings is 1. The van der Waals surface area contributed by atoms with Crippen molar-refractivity contribution in [2.45, 2.75) is 25.0 Å². The molecule has 0 radical (unpaired) electrons. The number of rotatable bonds is 4. The second-order valence-electron chi connectivity index (χ2n) is 6.18. The molecular formula is C16H18N7O2+. The Hall–Kier alpha value is -3.04. The van der Waals surface area contributed by atoms with E-state index in [9.17, 15) is 5.11 Å². The van der Waals surface area contributed by atoms with Gasteiger partial charge in [0, 0.05) is 18.4 Å². The van der Waals surface area contributed by atoms with Gasteiger partial charge in [0.2, 0.25) is 5.82 Å². The maximum absolute atomic E-state index is 9.46. The number of nitrogens with two attached hydrogens (primary N) is 3. The van der Waals surface area contributed by atoms with E-state index < -0.39 is 0 Å². The zero-order chi connectivity index (χ0) is 17.6. The third kappa shape index (κ3) is 2.79. The molecule has 0 spiro atoms. The number of fused-ring (bicyclic) bond motifs is 1. The van der Waals surface area contributed by atoms with Crippen molar-refractivity contribution in [3.05, 3.63) is 35.7 Å². The molecule has 3 aromatic rings. The van der Waals surface area contributed by atoms with Gasteiger partial charge >= 0.3 is 0 Å². The van der Waals surface area contributed by atoms with E-state index in [2.05, 4.69) is 15.0 Å². The summed E-state index contributed by atoms with van der Waals surface area (Å²) in [5, 5.41) is 20.0. The standard InChI is InChI=1S/C16H17N7O2/c17-13(7-1-2-11-10(3-7)23-16(19)25-11)12-14(18)20-6-21-15(12)22-8-4-9(24)5-8/h1-3,6,8-9,17,24H,4-5H2,(H2,19,23)(H3,18,20,21,22)/p+1. The SMILES string of the molecule is N=C(c1ccc2oc(N)nc2c1)c1c(N)ncnc1[NH2+]C1CC(O)C1. The highest BCUT2D eigenvalue weighted by Crippen LogP contribution is 2.24. The van der Waals surface area contributed by atoms with Crippen molar-refractivity contribution >= 4 is 34.5 Å². The number of quaternary nitrogens is 1. The number of aromatic nitrogens is 3. The summed E-state index contributed by atoms with van der Waals surface area (Å²) in [5.41, 5.74) is 14.0. The van der Waals surface area contributed by atoms with Crippen LogP contribution in [0, 0.1) is 5.41 Å². The lowest BCUT2D eigenvalue weighted by molar-refractivity contribution is -0.630. The maximum Gasteiger partial charge on any atom is 0.292 e. The largest absolute Gasteiger partial charge is 0.424 e. The Morgan fingerprint density at radius 1 is 1.28 bits per heavy atom. The van der Waals surface area contributed by atoms with Crippen molar-refractivity contribution in [2.24, 2.45) is 0 Å². The smallest absolute Gasteiger partial charge is 0.292 e. The first kappa shape index (κ1) is 15.5. The van der Waals surface area contributed by atoms with E-state index in [0.29, 0.717) is 40.9 Å². The quantitative estimate of drug-likeness (QED) is 0.414. The second kappa shape index (κ2) is 5.80. The zero-order valence-electron chi connectivity index (χ0n) is 13.3. The fourth-order valence-electron chi connectivity index (χ4n) is 3.03. The Balaban J connectivity index is 1.70. The van der Waals surface area contributed by atoms with Crippen molar-refractivity contribution < 1.29 is 14.8 Å². The summed E-state index contributed by atoms with van der Waals surface area (Å²) in [4.78, 5) is 12.4. The van der Waals surface area contributed by atoms with Crippen LogP contribution in [0.3, 0.4) is 0 Å². The van der Waals surface area contributed by atoms with Crippen LogP contribution in [-0.2, 0) is 0 Å². The van der Waals surface area contributed by atoms with Crippen molar-refractivity contribution in [1.82, 2.24) is 15.0 Å². The average Bonchev–Trinajstić information content (AvgIpc) is 2.92. The number of nitrogen functional groups attached to an aromatic ring is 2. The predicted octanol–water partition coefficient (Wildman–Crippen LogP) is -0.0834. The van der Waals surface area contributed by atoms with Crippen LogP contribution in [0.2, 0.25) is 0 Å². The minimum absolute atomic E-state index is 0.0822. The Morgan fingerprint density at radius 3 is 2.84 bits per heavy atom. The number of nitrogens with zero attached hydrogens (tertiary/aromatic N) is 3. The molecule has 9 heteroatoms. The highest BCUT2D eigenvalue weighted by atomic mass is 16.4. The van der Waals surface area contributed by atoms with Gasteiger partial charge in [-0.2, -0.15) is 9.97 Å². The number of aliphatic hydroxyl groups excluding tert-OH is 1. The van der Waals surface area contributed by atoms with Gasteiger partial charge in [-0.15, -0.1) is 0 Å². The van der Waals surface area contributed by atoms with Crippen LogP contribution in [0.1, 0.15) is 24.0 Å². The molecule has 0 unspecified atom stereocenters. The molecule has 4 rings (SSSR count). The topological polar surface area (TPSA) is 165 Å². The minimum Gasteiger partial charge on any atom is -0.424 e. The van der Waals surface area contributed by atoms with Crippen molar-refractivity contribution in [3.8, 4) is 0 Å². The molecule has 2 heterocycles. The summed E-state index contributed by atoms with van der Waals surface area (Å²) in [6.45, 7) is 0. The molecule has 8 N–H and O–H groups in total. The molecule has 0 bridgehead atoms. The molecule has 1 aliphatic rings. The van der Waals surface area contributed by atoms with E-state index in [1.807, 2.05) is 5.32 Å². The number of nitrogens with one attached hydrogen (secondary N) is 1. The first-order chi connectivity index (χ1) is 12.0. The van der Waals surface area contributed by atoms with Crippen LogP contribution in [-0.4, -0.2) is 37.9 Å². The maximum atomic E-state index is 9.46. The van der Waals surface area contributed by atoms with Gasteiger partial charge in [0.1, 0.15) is 23.2 Å². The lowest BCUT2D eigenvalue weighted by Crippen LogP contribution is -2.88. The lowest BCUT2D eigenvalue weighted by Gasteiger charge is -2.28. The second-order valence-corrected chi connectivity index (χ2v) is 6.18. The molecule has 0 saturated heterocycles. The van der Waals surface area contributed by atoms with E-state index in [-0.39, 0.29) is 29.7 Å². The number of hydrogen-bond donors (Lipinski definition) is 5. The van der Waals surface area contributed by atoms with Crippen LogP contribution in [0.5, 0.6) is 0 Å². The van der Waals surface area contributed by atoms with Crippen LogP contribution in [0.25, 0.3) is 11.1 Å². The summed E-state index contributed by atoms with van der Waals surface area (Å²) < 4.78 is 5.26. The molecule has 1 aromatic carbocycles. The van der Waals surface area contributed by atoms with Gasteiger partial charge < -0.3 is 21.0 Å². The monoisotopic (exact) mass is 340 g/mol. The van der Waals surface area contributed by atoms with Crippen molar-refractivity contribution in [2.75, 3.05) is 11.5 Å². The molecule has 9 nitrogen and oxygen atoms in total. The van der Waals surface area contributed by atoms with Gasteiger partial charge in [-0.05, 0) is 18.2 Å². The first-order valence-corrected chi connectivity index (χ1v) is 7.90. The molecule has 0 aliphatic heterocycles. The van der Waals surface area contributed by atoms with Crippen LogP contribution >= 0.6 is 0 Å². The fraction of sp³-hybridized carbons (Fsp3) is 0.250. The van der Waals surface area contributed by atoms with Gasteiger partial charge in [0.05, 0.1) is 17.9 Å². The summed E-state index contributed by atoms with van der Waals surface area (Å²) >= 11 is 0. The van der Waals surface area contributed by atoms with Gasteiger partial charge in [-0.1, -0.05) is 0 Å². The first-order valence-electron chi connectivity index (χ1n) is 7.90. The number of aliphatic hydroxyl groups is 1. The third-order valence-electron chi connectivity index (χ3n) is 4.39. The molecule has 0 atom stereocenters. The molecule has 1 saturated carbocycles. The van der Waals surface area contributed by atoms with E-state index in [4.69, 9.17) is 21.3 Å². The molecule has 2 aromatic heterocycles. The Morgan fingerprint density at radius 2 is 2.08 bits per heavy atom. The van der Waals surface area contributed by atoms with E-state index in [1.54, 1.807) is 18.2 Å². The van der Waals surface area contributed by atoms with Gasteiger partial charge in [-0.25, -0.2) is 4.98 Å². The van der Waals surface area contributed by atoms with Gasteiger partial charge in [-0.3, -0.25) is 10.7 Å². The Bertz CT molecular complexity index is 962. The molecule has 1 fully saturated rings. The van der Waals surface area contributed by atoms with E-state index in [1.165, 1.54) is 6.33 Å². The Kier molecular flexibility index (Phi) is 3.59. The third-order valence-corrected chi connectivity index (χ3v) is 4.39. The van der Waals surface area contributed by atoms with E-state index >= 15 is 0 Å². The van der Waals surface area contributed by atoms with Gasteiger partial charge in [0.15, 0.2) is 5.58 Å². The Labute approximate surface area is 142 Å². The van der Waals surface area contributed by atoms with E-state index in [0.717, 1.165) is 0 Å². The van der Waals surface area contributed by atoms with Crippen LogP contribution in [0.4, 0.5) is 17.7 Å². The summed E-state index contributed by atoms with van der Waals surface area (Å²) in [6.07, 6.45) is 2.51. The highest BCUT2D eigenvalue weighted by Gasteiger charge is 2.33. The number of anilines is 2.